The maximum Gasteiger partial charge on any atom is 0.311 e. The van der Waals surface area contributed by atoms with E-state index in [-0.39, 0.29) is 11.5 Å². The fourth-order valence-electron chi connectivity index (χ4n) is 1.83. The van der Waals surface area contributed by atoms with Crippen LogP contribution < -0.4 is 10.6 Å². The number of hydrogen-bond donors (Lipinski definition) is 2. The standard InChI is InChI=1S/C14H15ClN4O2/c1-2-16-13-8-7-12(19(20)21)14(18-13)17-9-10-5-3-4-6-11(10)15/h3-8H,2,9H2,1H3,(H2,16,17,18). The van der Waals surface area contributed by atoms with Gasteiger partial charge in [0.1, 0.15) is 5.82 Å². The predicted molar refractivity (Wildman–Crippen MR) is 83.8 cm³/mol. The second-order valence-electron chi connectivity index (χ2n) is 4.30. The van der Waals surface area contributed by atoms with Crippen LogP contribution in [0.15, 0.2) is 36.4 Å². The van der Waals surface area contributed by atoms with Crippen molar-refractivity contribution in [3.05, 3.63) is 57.1 Å². The topological polar surface area (TPSA) is 80.1 Å². The molecule has 0 atom stereocenters. The Morgan fingerprint density at radius 3 is 2.67 bits per heavy atom. The maximum absolute atomic E-state index is 11.0. The van der Waals surface area contributed by atoms with Crippen LogP contribution in [0.1, 0.15) is 12.5 Å². The number of aromatic nitrogens is 1. The van der Waals surface area contributed by atoms with Crippen LogP contribution in [0, 0.1) is 10.1 Å². The summed E-state index contributed by atoms with van der Waals surface area (Å²) in [6, 6.07) is 10.3. The van der Waals surface area contributed by atoms with Crippen LogP contribution in [0.2, 0.25) is 5.02 Å². The van der Waals surface area contributed by atoms with Crippen molar-refractivity contribution in [1.29, 1.82) is 0 Å². The summed E-state index contributed by atoms with van der Waals surface area (Å²) in [7, 11) is 0. The molecular formula is C14H15ClN4O2. The molecule has 0 aliphatic carbocycles. The molecule has 0 fully saturated rings. The first-order chi connectivity index (χ1) is 10.1. The van der Waals surface area contributed by atoms with Gasteiger partial charge in [-0.2, -0.15) is 0 Å². The summed E-state index contributed by atoms with van der Waals surface area (Å²) in [6.45, 7) is 2.98. The monoisotopic (exact) mass is 306 g/mol. The second kappa shape index (κ2) is 6.90. The highest BCUT2D eigenvalue weighted by Crippen LogP contribution is 2.25. The zero-order valence-electron chi connectivity index (χ0n) is 11.5. The number of anilines is 2. The molecule has 0 unspecified atom stereocenters. The Hall–Kier alpha value is -2.34. The van der Waals surface area contributed by atoms with Gasteiger partial charge in [-0.3, -0.25) is 10.1 Å². The lowest BCUT2D eigenvalue weighted by Gasteiger charge is -2.09. The van der Waals surface area contributed by atoms with E-state index in [0.29, 0.717) is 23.9 Å². The first-order valence-electron chi connectivity index (χ1n) is 6.48. The van der Waals surface area contributed by atoms with Crippen LogP contribution in [-0.2, 0) is 6.54 Å². The Labute approximate surface area is 127 Å². The number of nitrogens with one attached hydrogen (secondary N) is 2. The molecule has 2 rings (SSSR count). The molecule has 1 heterocycles. The van der Waals surface area contributed by atoms with Crippen molar-refractivity contribution in [2.24, 2.45) is 0 Å². The Morgan fingerprint density at radius 1 is 1.24 bits per heavy atom. The third-order valence-electron chi connectivity index (χ3n) is 2.83. The van der Waals surface area contributed by atoms with Crippen molar-refractivity contribution in [3.63, 3.8) is 0 Å². The Morgan fingerprint density at radius 2 is 2.00 bits per heavy atom. The van der Waals surface area contributed by atoms with Crippen molar-refractivity contribution >= 4 is 28.9 Å². The van der Waals surface area contributed by atoms with Crippen LogP contribution in [0.3, 0.4) is 0 Å². The van der Waals surface area contributed by atoms with E-state index >= 15 is 0 Å². The van der Waals surface area contributed by atoms with E-state index in [2.05, 4.69) is 15.6 Å². The first-order valence-corrected chi connectivity index (χ1v) is 6.86. The first kappa shape index (κ1) is 15.1. The molecule has 0 amide bonds. The zero-order chi connectivity index (χ0) is 15.2. The van der Waals surface area contributed by atoms with Gasteiger partial charge in [0.2, 0.25) is 5.82 Å². The number of rotatable bonds is 6. The third-order valence-corrected chi connectivity index (χ3v) is 3.20. The molecule has 0 saturated carbocycles. The van der Waals surface area contributed by atoms with Crippen LogP contribution in [-0.4, -0.2) is 16.5 Å². The van der Waals surface area contributed by atoms with Gasteiger partial charge in [-0.05, 0) is 24.6 Å². The minimum Gasteiger partial charge on any atom is -0.370 e. The van der Waals surface area contributed by atoms with E-state index in [1.165, 1.54) is 6.07 Å². The summed E-state index contributed by atoms with van der Waals surface area (Å²) in [5.41, 5.74) is 0.785. The van der Waals surface area contributed by atoms with Crippen molar-refractivity contribution in [1.82, 2.24) is 4.98 Å². The third kappa shape index (κ3) is 3.82. The van der Waals surface area contributed by atoms with Crippen molar-refractivity contribution in [3.8, 4) is 0 Å². The molecule has 110 valence electrons. The molecular weight excluding hydrogens is 292 g/mol. The van der Waals surface area contributed by atoms with Gasteiger partial charge in [0.05, 0.1) is 4.92 Å². The van der Waals surface area contributed by atoms with E-state index < -0.39 is 4.92 Å². The van der Waals surface area contributed by atoms with Gasteiger partial charge in [0.15, 0.2) is 0 Å². The van der Waals surface area contributed by atoms with Crippen LogP contribution in [0.5, 0.6) is 0 Å². The molecule has 6 nitrogen and oxygen atoms in total. The molecule has 21 heavy (non-hydrogen) atoms. The Bertz CT molecular complexity index is 649. The average molecular weight is 307 g/mol. The van der Waals surface area contributed by atoms with Gasteiger partial charge in [-0.25, -0.2) is 4.98 Å². The summed E-state index contributed by atoms with van der Waals surface area (Å²) in [5, 5.41) is 17.7. The predicted octanol–water partition coefficient (Wildman–Crippen LogP) is 3.69. The van der Waals surface area contributed by atoms with Gasteiger partial charge < -0.3 is 10.6 Å². The number of pyridine rings is 1. The van der Waals surface area contributed by atoms with Gasteiger partial charge in [0.25, 0.3) is 0 Å². The van der Waals surface area contributed by atoms with E-state index in [4.69, 9.17) is 11.6 Å². The number of nitrogens with zero attached hydrogens (tertiary/aromatic N) is 2. The summed E-state index contributed by atoms with van der Waals surface area (Å²) in [6.07, 6.45) is 0. The van der Waals surface area contributed by atoms with Crippen LogP contribution in [0.4, 0.5) is 17.3 Å². The van der Waals surface area contributed by atoms with E-state index in [0.717, 1.165) is 5.56 Å². The highest BCUT2D eigenvalue weighted by molar-refractivity contribution is 6.31. The normalized spacial score (nSPS) is 10.2. The fourth-order valence-corrected chi connectivity index (χ4v) is 2.03. The highest BCUT2D eigenvalue weighted by atomic mass is 35.5. The fraction of sp³-hybridized carbons (Fsp3) is 0.214. The largest absolute Gasteiger partial charge is 0.370 e. The van der Waals surface area contributed by atoms with E-state index in [1.807, 2.05) is 25.1 Å². The number of nitro groups is 1. The summed E-state index contributed by atoms with van der Waals surface area (Å²) in [5.74, 6) is 0.808. The lowest BCUT2D eigenvalue weighted by Crippen LogP contribution is -2.07. The summed E-state index contributed by atoms with van der Waals surface area (Å²) < 4.78 is 0. The van der Waals surface area contributed by atoms with Crippen LogP contribution in [0.25, 0.3) is 0 Å². The van der Waals surface area contributed by atoms with Crippen LogP contribution >= 0.6 is 11.6 Å². The Kier molecular flexibility index (Phi) is 4.94. The van der Waals surface area contributed by atoms with E-state index in [9.17, 15) is 10.1 Å². The highest BCUT2D eigenvalue weighted by Gasteiger charge is 2.16. The molecule has 2 aromatic rings. The molecule has 0 spiro atoms. The minimum atomic E-state index is -0.461. The van der Waals surface area contributed by atoms with Gasteiger partial charge >= 0.3 is 5.69 Å². The molecule has 0 aliphatic rings. The molecule has 0 radical (unpaired) electrons. The van der Waals surface area contributed by atoms with Crippen molar-refractivity contribution in [2.75, 3.05) is 17.2 Å². The van der Waals surface area contributed by atoms with E-state index in [1.54, 1.807) is 12.1 Å². The molecule has 1 aromatic heterocycles. The Balaban J connectivity index is 2.22. The molecule has 0 aliphatic heterocycles. The quantitative estimate of drug-likeness (QED) is 0.628. The zero-order valence-corrected chi connectivity index (χ0v) is 12.2. The van der Waals surface area contributed by atoms with Gasteiger partial charge in [0, 0.05) is 24.2 Å². The van der Waals surface area contributed by atoms with Crippen molar-refractivity contribution in [2.45, 2.75) is 13.5 Å². The number of benzene rings is 1. The smallest absolute Gasteiger partial charge is 0.311 e. The average Bonchev–Trinajstić information content (AvgIpc) is 2.46. The molecule has 0 saturated heterocycles. The maximum atomic E-state index is 11.0. The molecule has 1 aromatic carbocycles. The molecule has 7 heteroatoms. The summed E-state index contributed by atoms with van der Waals surface area (Å²) >= 11 is 6.07. The minimum absolute atomic E-state index is 0.0660. The number of halogens is 1. The van der Waals surface area contributed by atoms with Gasteiger partial charge in [-0.1, -0.05) is 29.8 Å². The van der Waals surface area contributed by atoms with Crippen molar-refractivity contribution < 1.29 is 4.92 Å². The SMILES string of the molecule is CCNc1ccc([N+](=O)[O-])c(NCc2ccccc2Cl)n1. The summed E-state index contributed by atoms with van der Waals surface area (Å²) in [4.78, 5) is 14.8. The number of hydrogen-bond acceptors (Lipinski definition) is 5. The lowest BCUT2D eigenvalue weighted by atomic mass is 10.2. The molecule has 0 bridgehead atoms. The van der Waals surface area contributed by atoms with Gasteiger partial charge in [-0.15, -0.1) is 0 Å². The second-order valence-corrected chi connectivity index (χ2v) is 4.70. The molecule has 2 N–H and O–H groups in total. The lowest BCUT2D eigenvalue weighted by molar-refractivity contribution is -0.384.